The molecule has 6 heteroatoms. The molecular weight excluding hydrogens is 244 g/mol. The van der Waals surface area contributed by atoms with Crippen LogP contribution in [0, 0.1) is 5.92 Å². The summed E-state index contributed by atoms with van der Waals surface area (Å²) in [7, 11) is 1.38. The van der Waals surface area contributed by atoms with Crippen LogP contribution in [-0.4, -0.2) is 32.8 Å². The molecule has 96 valence electrons. The van der Waals surface area contributed by atoms with Crippen LogP contribution in [0.15, 0.2) is 18.6 Å². The molecule has 6 nitrogen and oxygen atoms in total. The average Bonchev–Trinajstić information content (AvgIpc) is 2.96. The van der Waals surface area contributed by atoms with E-state index in [2.05, 4.69) is 15.1 Å². The van der Waals surface area contributed by atoms with Crippen molar-refractivity contribution in [2.24, 2.45) is 5.92 Å². The van der Waals surface area contributed by atoms with Gasteiger partial charge in [-0.05, 0) is 18.8 Å². The maximum absolute atomic E-state index is 11.8. The Bertz CT molecular complexity index is 665. The lowest BCUT2D eigenvalue weighted by Crippen LogP contribution is -2.07. The topological polar surface area (TPSA) is 69.9 Å². The van der Waals surface area contributed by atoms with Gasteiger partial charge in [0.15, 0.2) is 11.5 Å². The van der Waals surface area contributed by atoms with Crippen molar-refractivity contribution in [3.63, 3.8) is 0 Å². The predicted molar refractivity (Wildman–Crippen MR) is 65.0 cm³/mol. The third kappa shape index (κ3) is 1.43. The Morgan fingerprint density at radius 1 is 1.47 bits per heavy atom. The van der Waals surface area contributed by atoms with E-state index in [1.54, 1.807) is 23.3 Å². The molecule has 0 bridgehead atoms. The molecule has 0 radical (unpaired) electrons. The number of rotatable bonds is 2. The number of carbonyl (C=O) groups is 1. The molecule has 4 rings (SSSR count). The molecule has 1 saturated carbocycles. The fourth-order valence-corrected chi connectivity index (χ4v) is 2.95. The third-order valence-corrected chi connectivity index (χ3v) is 3.91. The summed E-state index contributed by atoms with van der Waals surface area (Å²) in [5, 5.41) is 4.39. The van der Waals surface area contributed by atoms with Crippen molar-refractivity contribution in [3.05, 3.63) is 35.5 Å². The summed E-state index contributed by atoms with van der Waals surface area (Å²) >= 11 is 0. The van der Waals surface area contributed by atoms with Crippen LogP contribution in [0.1, 0.15) is 34.1 Å². The lowest BCUT2D eigenvalue weighted by molar-refractivity contribution is 0.0592. The zero-order chi connectivity index (χ0) is 13.0. The molecule has 2 aliphatic rings. The minimum atomic E-state index is -0.375. The molecule has 0 amide bonds. The van der Waals surface area contributed by atoms with E-state index in [-0.39, 0.29) is 5.97 Å². The van der Waals surface area contributed by atoms with Crippen molar-refractivity contribution < 1.29 is 9.53 Å². The number of nitrogens with zero attached hydrogens (tertiary/aromatic N) is 4. The van der Waals surface area contributed by atoms with E-state index in [4.69, 9.17) is 4.74 Å². The van der Waals surface area contributed by atoms with Crippen LogP contribution in [-0.2, 0) is 11.2 Å². The smallest absolute Gasteiger partial charge is 0.358 e. The van der Waals surface area contributed by atoms with Crippen molar-refractivity contribution in [1.29, 1.82) is 0 Å². The first-order valence-electron chi connectivity index (χ1n) is 6.26. The highest BCUT2D eigenvalue weighted by Crippen LogP contribution is 2.57. The van der Waals surface area contributed by atoms with E-state index in [1.807, 2.05) is 0 Å². The Balaban J connectivity index is 1.90. The molecule has 0 N–H and O–H groups in total. The summed E-state index contributed by atoms with van der Waals surface area (Å²) < 4.78 is 6.57. The van der Waals surface area contributed by atoms with Crippen molar-refractivity contribution in [3.8, 4) is 5.82 Å². The van der Waals surface area contributed by atoms with Gasteiger partial charge in [-0.3, -0.25) is 4.98 Å². The maximum Gasteiger partial charge on any atom is 0.358 e. The van der Waals surface area contributed by atoms with Gasteiger partial charge in [0, 0.05) is 23.9 Å². The van der Waals surface area contributed by atoms with Gasteiger partial charge in [0.25, 0.3) is 0 Å². The number of ether oxygens (including phenoxy) is 1. The van der Waals surface area contributed by atoms with E-state index in [9.17, 15) is 4.79 Å². The molecule has 0 unspecified atom stereocenters. The average molecular weight is 256 g/mol. The standard InChI is InChI=1S/C13H12N4O2/c1-19-13(18)11-9-5-7-4-8(7)12(9)17(16-11)10-6-14-2-3-15-10/h2-3,6-8H,4-5H2,1H3/t7-,8-/m0/s1. The molecule has 2 aromatic heterocycles. The first-order chi connectivity index (χ1) is 9.29. The molecule has 0 saturated heterocycles. The van der Waals surface area contributed by atoms with Gasteiger partial charge in [0.05, 0.1) is 19.0 Å². The first-order valence-corrected chi connectivity index (χ1v) is 6.26. The Kier molecular flexibility index (Phi) is 2.04. The number of hydrogen-bond donors (Lipinski definition) is 0. The molecule has 19 heavy (non-hydrogen) atoms. The summed E-state index contributed by atoms with van der Waals surface area (Å²) in [6.45, 7) is 0. The fraction of sp³-hybridized carbons (Fsp3) is 0.385. The molecule has 2 atom stereocenters. The van der Waals surface area contributed by atoms with Crippen LogP contribution in [0.3, 0.4) is 0 Å². The van der Waals surface area contributed by atoms with E-state index in [1.165, 1.54) is 13.5 Å². The van der Waals surface area contributed by atoms with Gasteiger partial charge in [-0.1, -0.05) is 0 Å². The van der Waals surface area contributed by atoms with Gasteiger partial charge < -0.3 is 4.74 Å². The third-order valence-electron chi connectivity index (χ3n) is 3.91. The van der Waals surface area contributed by atoms with E-state index in [0.29, 0.717) is 23.3 Å². The highest BCUT2D eigenvalue weighted by Gasteiger charge is 2.50. The Hall–Kier alpha value is -2.24. The van der Waals surface area contributed by atoms with E-state index < -0.39 is 0 Å². The number of carbonyl (C=O) groups excluding carboxylic acids is 1. The highest BCUT2D eigenvalue weighted by atomic mass is 16.5. The summed E-state index contributed by atoms with van der Waals surface area (Å²) in [5.74, 6) is 1.46. The molecule has 1 fully saturated rings. The number of methoxy groups -OCH3 is 1. The van der Waals surface area contributed by atoms with Gasteiger partial charge in [0.1, 0.15) is 0 Å². The molecule has 0 aromatic carbocycles. The van der Waals surface area contributed by atoms with Gasteiger partial charge in [-0.2, -0.15) is 5.10 Å². The van der Waals surface area contributed by atoms with Gasteiger partial charge >= 0.3 is 5.97 Å². The number of hydrogen-bond acceptors (Lipinski definition) is 5. The summed E-state index contributed by atoms with van der Waals surface area (Å²) in [5.41, 5.74) is 2.57. The zero-order valence-corrected chi connectivity index (χ0v) is 10.4. The van der Waals surface area contributed by atoms with Crippen LogP contribution in [0.5, 0.6) is 0 Å². The normalized spacial score (nSPS) is 22.8. The predicted octanol–water partition coefficient (Wildman–Crippen LogP) is 1.11. The Morgan fingerprint density at radius 3 is 3.11 bits per heavy atom. The van der Waals surface area contributed by atoms with Crippen molar-refractivity contribution in [1.82, 2.24) is 19.7 Å². The fourth-order valence-electron chi connectivity index (χ4n) is 2.95. The van der Waals surface area contributed by atoms with Crippen LogP contribution >= 0.6 is 0 Å². The molecule has 2 aromatic rings. The molecule has 2 heterocycles. The lowest BCUT2D eigenvalue weighted by atomic mass is 10.1. The SMILES string of the molecule is COC(=O)c1nn(-c2cnccn2)c2c1C[C@@H]1C[C@H]21. The summed E-state index contributed by atoms with van der Waals surface area (Å²) in [6.07, 6.45) is 7.00. The molecule has 2 aliphatic carbocycles. The second-order valence-electron chi connectivity index (χ2n) is 4.99. The minimum Gasteiger partial charge on any atom is -0.464 e. The summed E-state index contributed by atoms with van der Waals surface area (Å²) in [4.78, 5) is 20.1. The van der Waals surface area contributed by atoms with E-state index >= 15 is 0 Å². The van der Waals surface area contributed by atoms with Gasteiger partial charge in [0.2, 0.25) is 0 Å². The highest BCUT2D eigenvalue weighted by molar-refractivity contribution is 5.89. The van der Waals surface area contributed by atoms with Crippen molar-refractivity contribution in [2.75, 3.05) is 7.11 Å². The van der Waals surface area contributed by atoms with Gasteiger partial charge in [-0.15, -0.1) is 0 Å². The number of fused-ring (bicyclic) bond motifs is 3. The Morgan fingerprint density at radius 2 is 2.37 bits per heavy atom. The minimum absolute atomic E-state index is 0.375. The van der Waals surface area contributed by atoms with Crippen LogP contribution in [0.25, 0.3) is 5.82 Å². The quantitative estimate of drug-likeness (QED) is 0.753. The Labute approximate surface area is 109 Å². The monoisotopic (exact) mass is 256 g/mol. The number of aromatic nitrogens is 4. The van der Waals surface area contributed by atoms with Crippen LogP contribution in [0.2, 0.25) is 0 Å². The summed E-state index contributed by atoms with van der Waals surface area (Å²) in [6, 6.07) is 0. The second-order valence-corrected chi connectivity index (χ2v) is 4.99. The largest absolute Gasteiger partial charge is 0.464 e. The second kappa shape index (κ2) is 3.63. The number of esters is 1. The first kappa shape index (κ1) is 10.7. The van der Waals surface area contributed by atoms with Crippen molar-refractivity contribution >= 4 is 5.97 Å². The van der Waals surface area contributed by atoms with E-state index in [0.717, 1.165) is 17.7 Å². The van der Waals surface area contributed by atoms with Gasteiger partial charge in [-0.25, -0.2) is 14.5 Å². The maximum atomic E-state index is 11.8. The molecular formula is C13H12N4O2. The zero-order valence-electron chi connectivity index (χ0n) is 10.4. The molecule has 0 aliphatic heterocycles. The lowest BCUT2D eigenvalue weighted by Gasteiger charge is -2.03. The van der Waals surface area contributed by atoms with Crippen LogP contribution < -0.4 is 0 Å². The van der Waals surface area contributed by atoms with Crippen molar-refractivity contribution in [2.45, 2.75) is 18.8 Å². The van der Waals surface area contributed by atoms with Crippen LogP contribution in [0.4, 0.5) is 0 Å². The molecule has 0 spiro atoms.